The van der Waals surface area contributed by atoms with E-state index in [1.54, 1.807) is 11.3 Å². The molecule has 2 fully saturated rings. The first-order chi connectivity index (χ1) is 13.1. The lowest BCUT2D eigenvalue weighted by atomic mass is 9.86. The molecule has 1 aromatic heterocycles. The average molecular weight is 414 g/mol. The molecule has 2 N–H and O–H groups in total. The average Bonchev–Trinajstić information content (AvgIpc) is 3.14. The van der Waals surface area contributed by atoms with Crippen LogP contribution in [-0.2, 0) is 10.0 Å². The maximum Gasteiger partial charge on any atom is 0.213 e. The second-order valence-corrected chi connectivity index (χ2v) is 9.98. The van der Waals surface area contributed by atoms with Gasteiger partial charge < -0.3 is 15.1 Å². The highest BCUT2D eigenvalue weighted by atomic mass is 32.2. The minimum Gasteiger partial charge on any atom is -0.360 e. The molecule has 1 aliphatic carbocycles. The summed E-state index contributed by atoms with van der Waals surface area (Å²) in [4.78, 5) is 9.18. The summed E-state index contributed by atoms with van der Waals surface area (Å²) in [6.45, 7) is 7.35. The summed E-state index contributed by atoms with van der Waals surface area (Å²) < 4.78 is 27.0. The fraction of sp³-hybridized carbons (Fsp3) is 0.722. The molecule has 9 heteroatoms. The maximum absolute atomic E-state index is 12.1. The normalized spacial score (nSPS) is 19.2. The van der Waals surface area contributed by atoms with Gasteiger partial charge in [0.15, 0.2) is 5.96 Å². The monoisotopic (exact) mass is 413 g/mol. The number of piperazine rings is 1. The third-order valence-corrected chi connectivity index (χ3v) is 7.43. The zero-order valence-electron chi connectivity index (χ0n) is 16.1. The molecule has 0 atom stereocenters. The molecule has 0 radical (unpaired) electrons. The van der Waals surface area contributed by atoms with Crippen LogP contribution < -0.4 is 14.9 Å². The number of nitrogens with zero attached hydrogens (tertiary/aromatic N) is 3. The lowest BCUT2D eigenvalue weighted by Gasteiger charge is -2.37. The van der Waals surface area contributed by atoms with E-state index in [1.807, 2.05) is 6.92 Å². The Bertz CT molecular complexity index is 693. The molecule has 1 saturated carbocycles. The molecule has 0 bridgehead atoms. The predicted molar refractivity (Wildman–Crippen MR) is 113 cm³/mol. The van der Waals surface area contributed by atoms with E-state index in [-0.39, 0.29) is 12.3 Å². The van der Waals surface area contributed by atoms with E-state index in [4.69, 9.17) is 0 Å². The van der Waals surface area contributed by atoms with Crippen molar-refractivity contribution in [2.45, 2.75) is 26.2 Å². The van der Waals surface area contributed by atoms with Crippen molar-refractivity contribution < 1.29 is 8.42 Å². The molecule has 3 rings (SSSR count). The maximum atomic E-state index is 12.1. The van der Waals surface area contributed by atoms with Crippen LogP contribution in [0.2, 0.25) is 0 Å². The molecular weight excluding hydrogens is 382 g/mol. The van der Waals surface area contributed by atoms with E-state index in [0.29, 0.717) is 12.5 Å². The van der Waals surface area contributed by atoms with Gasteiger partial charge in [-0.25, -0.2) is 13.1 Å². The number of thiophene rings is 1. The van der Waals surface area contributed by atoms with Gasteiger partial charge in [0, 0.05) is 39.3 Å². The Kier molecular flexibility index (Phi) is 7.37. The number of hydrogen-bond donors (Lipinski definition) is 2. The Morgan fingerprint density at radius 1 is 1.30 bits per heavy atom. The van der Waals surface area contributed by atoms with Crippen molar-refractivity contribution in [3.63, 3.8) is 0 Å². The van der Waals surface area contributed by atoms with Crippen molar-refractivity contribution in [2.24, 2.45) is 10.9 Å². The van der Waals surface area contributed by atoms with Crippen LogP contribution in [0.4, 0.5) is 5.00 Å². The second kappa shape index (κ2) is 9.75. The fourth-order valence-electron chi connectivity index (χ4n) is 3.30. The highest BCUT2D eigenvalue weighted by molar-refractivity contribution is 7.89. The number of guanidine groups is 1. The summed E-state index contributed by atoms with van der Waals surface area (Å²) in [5.41, 5.74) is 0. The molecule has 1 saturated heterocycles. The lowest BCUT2D eigenvalue weighted by molar-refractivity contribution is 0.316. The van der Waals surface area contributed by atoms with E-state index in [0.717, 1.165) is 51.5 Å². The molecule has 1 aromatic rings. The molecule has 0 spiro atoms. The van der Waals surface area contributed by atoms with Gasteiger partial charge in [0.25, 0.3) is 0 Å². The van der Waals surface area contributed by atoms with E-state index in [1.165, 1.54) is 11.4 Å². The third-order valence-electron chi connectivity index (χ3n) is 5.17. The van der Waals surface area contributed by atoms with Crippen molar-refractivity contribution in [2.75, 3.05) is 56.5 Å². The zero-order chi connectivity index (χ0) is 19.1. The standard InChI is InChI=1S/C18H31N5O2S2/c1-2-19-18(20-8-14-27(24,25)21-15-16-5-3-6-16)23-11-9-22(10-12-23)17-7-4-13-26-17/h4,7,13,16,21H,2-3,5-6,8-12,14-15H2,1H3,(H,19,20). The van der Waals surface area contributed by atoms with Gasteiger partial charge in [-0.3, -0.25) is 4.99 Å². The number of rotatable bonds is 8. The molecular formula is C18H31N5O2S2. The van der Waals surface area contributed by atoms with Crippen molar-refractivity contribution in [1.82, 2.24) is 14.9 Å². The number of aliphatic imine (C=N–C) groups is 1. The van der Waals surface area contributed by atoms with Crippen LogP contribution in [-0.4, -0.2) is 70.8 Å². The van der Waals surface area contributed by atoms with Gasteiger partial charge in [-0.1, -0.05) is 6.42 Å². The first kappa shape index (κ1) is 20.4. The summed E-state index contributed by atoms with van der Waals surface area (Å²) in [5.74, 6) is 1.39. The zero-order valence-corrected chi connectivity index (χ0v) is 17.7. The van der Waals surface area contributed by atoms with Crippen LogP contribution in [0.25, 0.3) is 0 Å². The first-order valence-electron chi connectivity index (χ1n) is 9.86. The molecule has 0 unspecified atom stereocenters. The summed E-state index contributed by atoms with van der Waals surface area (Å²) in [6, 6.07) is 4.23. The topological polar surface area (TPSA) is 77.0 Å². The molecule has 152 valence electrons. The van der Waals surface area contributed by atoms with E-state index in [9.17, 15) is 8.42 Å². The largest absolute Gasteiger partial charge is 0.360 e. The number of sulfonamides is 1. The predicted octanol–water partition coefficient (Wildman–Crippen LogP) is 1.56. The lowest BCUT2D eigenvalue weighted by Crippen LogP contribution is -2.52. The number of anilines is 1. The van der Waals surface area contributed by atoms with Gasteiger partial charge in [0.2, 0.25) is 10.0 Å². The summed E-state index contributed by atoms with van der Waals surface area (Å²) in [7, 11) is -3.24. The van der Waals surface area contributed by atoms with Crippen molar-refractivity contribution in [1.29, 1.82) is 0 Å². The summed E-state index contributed by atoms with van der Waals surface area (Å²) in [6.07, 6.45) is 3.51. The molecule has 27 heavy (non-hydrogen) atoms. The molecule has 2 heterocycles. The van der Waals surface area contributed by atoms with Crippen LogP contribution in [0.15, 0.2) is 22.5 Å². The Morgan fingerprint density at radius 3 is 2.67 bits per heavy atom. The molecule has 1 aliphatic heterocycles. The van der Waals surface area contributed by atoms with Crippen LogP contribution in [0.3, 0.4) is 0 Å². The number of hydrogen-bond acceptors (Lipinski definition) is 5. The number of nitrogens with one attached hydrogen (secondary N) is 2. The summed E-state index contributed by atoms with van der Waals surface area (Å²) in [5, 5.41) is 6.71. The fourth-order valence-corrected chi connectivity index (χ4v) is 5.05. The van der Waals surface area contributed by atoms with E-state index in [2.05, 4.69) is 42.3 Å². The quantitative estimate of drug-likeness (QED) is 0.500. The minimum atomic E-state index is -3.24. The van der Waals surface area contributed by atoms with Crippen LogP contribution in [0.5, 0.6) is 0 Å². The molecule has 2 aliphatic rings. The minimum absolute atomic E-state index is 0.0454. The second-order valence-electron chi connectivity index (χ2n) is 7.13. The molecule has 0 amide bonds. The van der Waals surface area contributed by atoms with E-state index >= 15 is 0 Å². The Balaban J connectivity index is 1.47. The van der Waals surface area contributed by atoms with Gasteiger partial charge in [-0.15, -0.1) is 11.3 Å². The van der Waals surface area contributed by atoms with Gasteiger partial charge in [-0.05, 0) is 43.2 Å². The Hall–Kier alpha value is -1.32. The van der Waals surface area contributed by atoms with Gasteiger partial charge in [0.05, 0.1) is 17.3 Å². The van der Waals surface area contributed by atoms with Gasteiger partial charge in [-0.2, -0.15) is 0 Å². The Labute approximate surface area is 166 Å². The van der Waals surface area contributed by atoms with Crippen molar-refractivity contribution in [3.8, 4) is 0 Å². The Morgan fingerprint density at radius 2 is 2.07 bits per heavy atom. The van der Waals surface area contributed by atoms with Crippen LogP contribution in [0.1, 0.15) is 26.2 Å². The van der Waals surface area contributed by atoms with E-state index < -0.39 is 10.0 Å². The smallest absolute Gasteiger partial charge is 0.213 e. The highest BCUT2D eigenvalue weighted by Gasteiger charge is 2.22. The summed E-state index contributed by atoms with van der Waals surface area (Å²) >= 11 is 1.77. The van der Waals surface area contributed by atoms with Gasteiger partial charge in [0.1, 0.15) is 0 Å². The van der Waals surface area contributed by atoms with Gasteiger partial charge >= 0.3 is 0 Å². The van der Waals surface area contributed by atoms with Crippen LogP contribution in [0, 0.1) is 5.92 Å². The van der Waals surface area contributed by atoms with Crippen LogP contribution >= 0.6 is 11.3 Å². The highest BCUT2D eigenvalue weighted by Crippen LogP contribution is 2.25. The molecule has 0 aromatic carbocycles. The third kappa shape index (κ3) is 6.08. The molecule has 7 nitrogen and oxygen atoms in total. The SMILES string of the molecule is CCNC(=NCCS(=O)(=O)NCC1CCC1)N1CCN(c2cccs2)CC1. The first-order valence-corrected chi connectivity index (χ1v) is 12.4. The van der Waals surface area contributed by atoms with Crippen molar-refractivity contribution >= 4 is 32.3 Å². The van der Waals surface area contributed by atoms with Crippen molar-refractivity contribution in [3.05, 3.63) is 17.5 Å².